The Morgan fingerprint density at radius 2 is 2.47 bits per heavy atom. The predicted octanol–water partition coefficient (Wildman–Crippen LogP) is -0.862. The molecule has 1 aromatic heterocycles. The van der Waals surface area contributed by atoms with Crippen LogP contribution < -0.4 is 11.5 Å². The lowest BCUT2D eigenvalue weighted by Crippen LogP contribution is -2.19. The summed E-state index contributed by atoms with van der Waals surface area (Å²) in [4.78, 5) is 10.9. The minimum atomic E-state index is -0.661. The fourth-order valence-electron chi connectivity index (χ4n) is 1.61. The molecule has 4 N–H and O–H groups in total. The van der Waals surface area contributed by atoms with Crippen molar-refractivity contribution in [2.24, 2.45) is 5.73 Å². The quantitative estimate of drug-likeness (QED) is 0.676. The van der Waals surface area contributed by atoms with Gasteiger partial charge in [0, 0.05) is 6.61 Å². The number of carbonyl (C=O) groups is 1. The molecular weight excluding hydrogens is 198 g/mol. The van der Waals surface area contributed by atoms with Crippen molar-refractivity contribution < 1.29 is 9.53 Å². The summed E-state index contributed by atoms with van der Waals surface area (Å²) in [5, 5.41) is 7.38. The molecule has 1 aliphatic heterocycles. The van der Waals surface area contributed by atoms with Crippen molar-refractivity contribution in [3.05, 3.63) is 5.69 Å². The highest BCUT2D eigenvalue weighted by Gasteiger charge is 2.20. The van der Waals surface area contributed by atoms with Gasteiger partial charge in [-0.2, -0.15) is 0 Å². The molecule has 1 atom stereocenters. The molecule has 7 nitrogen and oxygen atoms in total. The number of nitrogens with two attached hydrogens (primary N) is 2. The monoisotopic (exact) mass is 211 g/mol. The predicted molar refractivity (Wildman–Crippen MR) is 51.9 cm³/mol. The van der Waals surface area contributed by atoms with E-state index in [2.05, 4.69) is 10.3 Å². The molecule has 1 aliphatic rings. The van der Waals surface area contributed by atoms with Crippen LogP contribution in [0.2, 0.25) is 0 Å². The number of hydrogen-bond donors (Lipinski definition) is 2. The van der Waals surface area contributed by atoms with Gasteiger partial charge in [-0.1, -0.05) is 5.21 Å². The highest BCUT2D eigenvalue weighted by molar-refractivity contribution is 5.94. The lowest BCUT2D eigenvalue weighted by atomic mass is 10.2. The van der Waals surface area contributed by atoms with E-state index in [0.717, 1.165) is 19.4 Å². The SMILES string of the molecule is NC(=O)c1nnn(C[C@H]2CCCO2)c1N. The summed E-state index contributed by atoms with van der Waals surface area (Å²) in [6.07, 6.45) is 2.13. The molecule has 1 aromatic rings. The maximum Gasteiger partial charge on any atom is 0.273 e. The molecule has 1 saturated heterocycles. The van der Waals surface area contributed by atoms with E-state index in [1.54, 1.807) is 0 Å². The first kappa shape index (κ1) is 9.91. The number of amides is 1. The second-order valence-electron chi connectivity index (χ2n) is 3.50. The zero-order chi connectivity index (χ0) is 10.8. The van der Waals surface area contributed by atoms with Crippen LogP contribution in [0.5, 0.6) is 0 Å². The molecule has 1 fully saturated rings. The number of primary amides is 1. The number of anilines is 1. The van der Waals surface area contributed by atoms with E-state index in [-0.39, 0.29) is 17.6 Å². The third kappa shape index (κ3) is 1.91. The van der Waals surface area contributed by atoms with Crippen molar-refractivity contribution in [1.82, 2.24) is 15.0 Å². The molecule has 2 heterocycles. The van der Waals surface area contributed by atoms with Crippen LogP contribution >= 0.6 is 0 Å². The number of ether oxygens (including phenoxy) is 1. The highest BCUT2D eigenvalue weighted by Crippen LogP contribution is 2.16. The smallest absolute Gasteiger partial charge is 0.273 e. The van der Waals surface area contributed by atoms with Gasteiger partial charge in [0.05, 0.1) is 12.6 Å². The molecule has 1 amide bonds. The van der Waals surface area contributed by atoms with Gasteiger partial charge in [0.2, 0.25) is 0 Å². The third-order valence-electron chi connectivity index (χ3n) is 2.41. The zero-order valence-corrected chi connectivity index (χ0v) is 8.22. The highest BCUT2D eigenvalue weighted by atomic mass is 16.5. The van der Waals surface area contributed by atoms with Crippen LogP contribution in [0.3, 0.4) is 0 Å². The second kappa shape index (κ2) is 3.85. The number of nitrogens with zero attached hydrogens (tertiary/aromatic N) is 3. The number of aromatic nitrogens is 3. The van der Waals surface area contributed by atoms with Gasteiger partial charge < -0.3 is 16.2 Å². The molecule has 15 heavy (non-hydrogen) atoms. The zero-order valence-electron chi connectivity index (χ0n) is 8.22. The van der Waals surface area contributed by atoms with E-state index >= 15 is 0 Å². The van der Waals surface area contributed by atoms with Crippen LogP contribution in [0, 0.1) is 0 Å². The van der Waals surface area contributed by atoms with Crippen LogP contribution in [-0.2, 0) is 11.3 Å². The van der Waals surface area contributed by atoms with Gasteiger partial charge in [0.15, 0.2) is 11.5 Å². The van der Waals surface area contributed by atoms with Crippen molar-refractivity contribution in [2.75, 3.05) is 12.3 Å². The number of carbonyl (C=O) groups excluding carboxylic acids is 1. The maximum atomic E-state index is 10.9. The van der Waals surface area contributed by atoms with E-state index in [1.165, 1.54) is 4.68 Å². The molecule has 0 radical (unpaired) electrons. The van der Waals surface area contributed by atoms with Crippen molar-refractivity contribution in [3.63, 3.8) is 0 Å². The Kier molecular flexibility index (Phi) is 2.55. The molecule has 82 valence electrons. The van der Waals surface area contributed by atoms with Crippen molar-refractivity contribution in [1.29, 1.82) is 0 Å². The minimum Gasteiger partial charge on any atom is -0.382 e. The summed E-state index contributed by atoms with van der Waals surface area (Å²) < 4.78 is 6.88. The summed E-state index contributed by atoms with van der Waals surface area (Å²) in [5.74, 6) is -0.455. The summed E-state index contributed by atoms with van der Waals surface area (Å²) >= 11 is 0. The molecule has 0 saturated carbocycles. The molecule has 2 rings (SSSR count). The van der Waals surface area contributed by atoms with E-state index in [0.29, 0.717) is 6.54 Å². The summed E-state index contributed by atoms with van der Waals surface area (Å²) in [5.41, 5.74) is 10.8. The maximum absolute atomic E-state index is 10.9. The van der Waals surface area contributed by atoms with Crippen LogP contribution in [0.1, 0.15) is 23.3 Å². The first-order valence-corrected chi connectivity index (χ1v) is 4.79. The van der Waals surface area contributed by atoms with Gasteiger partial charge in [-0.05, 0) is 12.8 Å². The minimum absolute atomic E-state index is 0.0213. The van der Waals surface area contributed by atoms with Crippen LogP contribution in [0.25, 0.3) is 0 Å². The normalized spacial score (nSPS) is 20.7. The summed E-state index contributed by atoms with van der Waals surface area (Å²) in [6, 6.07) is 0. The topological polar surface area (TPSA) is 109 Å². The second-order valence-corrected chi connectivity index (χ2v) is 3.50. The Hall–Kier alpha value is -1.63. The molecule has 7 heteroatoms. The Morgan fingerprint density at radius 1 is 1.67 bits per heavy atom. The van der Waals surface area contributed by atoms with Gasteiger partial charge in [0.1, 0.15) is 0 Å². The molecule has 0 aliphatic carbocycles. The molecule has 0 aromatic carbocycles. The average molecular weight is 211 g/mol. The first-order chi connectivity index (χ1) is 7.18. The Morgan fingerprint density at radius 3 is 3.00 bits per heavy atom. The van der Waals surface area contributed by atoms with E-state index in [9.17, 15) is 4.79 Å². The molecule has 0 spiro atoms. The van der Waals surface area contributed by atoms with Gasteiger partial charge in [-0.15, -0.1) is 5.10 Å². The van der Waals surface area contributed by atoms with Crippen LogP contribution in [-0.4, -0.2) is 33.6 Å². The van der Waals surface area contributed by atoms with Crippen LogP contribution in [0.15, 0.2) is 0 Å². The van der Waals surface area contributed by atoms with E-state index in [4.69, 9.17) is 16.2 Å². The fraction of sp³-hybridized carbons (Fsp3) is 0.625. The van der Waals surface area contributed by atoms with Gasteiger partial charge in [0.25, 0.3) is 5.91 Å². The molecular formula is C8H13N5O2. The average Bonchev–Trinajstić information content (AvgIpc) is 2.78. The largest absolute Gasteiger partial charge is 0.382 e. The van der Waals surface area contributed by atoms with Gasteiger partial charge in [-0.3, -0.25) is 4.79 Å². The lowest BCUT2D eigenvalue weighted by molar-refractivity contribution is 0.0939. The van der Waals surface area contributed by atoms with E-state index < -0.39 is 5.91 Å². The van der Waals surface area contributed by atoms with Gasteiger partial charge >= 0.3 is 0 Å². The number of hydrogen-bond acceptors (Lipinski definition) is 5. The Balaban J connectivity index is 2.11. The fourth-order valence-corrected chi connectivity index (χ4v) is 1.61. The number of rotatable bonds is 3. The Labute approximate surface area is 86.4 Å². The first-order valence-electron chi connectivity index (χ1n) is 4.79. The van der Waals surface area contributed by atoms with Crippen LogP contribution in [0.4, 0.5) is 5.82 Å². The van der Waals surface area contributed by atoms with Gasteiger partial charge in [-0.25, -0.2) is 4.68 Å². The summed E-state index contributed by atoms with van der Waals surface area (Å²) in [7, 11) is 0. The third-order valence-corrected chi connectivity index (χ3v) is 2.41. The molecule has 0 bridgehead atoms. The van der Waals surface area contributed by atoms with Crippen molar-refractivity contribution >= 4 is 11.7 Å². The van der Waals surface area contributed by atoms with E-state index in [1.807, 2.05) is 0 Å². The Bertz CT molecular complexity index is 369. The molecule has 0 unspecified atom stereocenters. The lowest BCUT2D eigenvalue weighted by Gasteiger charge is -2.09. The summed E-state index contributed by atoms with van der Waals surface area (Å²) in [6.45, 7) is 1.29. The number of nitrogen functional groups attached to an aromatic ring is 1. The van der Waals surface area contributed by atoms with Crippen molar-refractivity contribution in [3.8, 4) is 0 Å². The standard InChI is InChI=1S/C8H13N5O2/c9-7-6(8(10)14)11-12-13(7)4-5-2-1-3-15-5/h5H,1-4,9H2,(H2,10,14)/t5-/m1/s1. The van der Waals surface area contributed by atoms with Crippen molar-refractivity contribution in [2.45, 2.75) is 25.5 Å².